The zero-order valence-electron chi connectivity index (χ0n) is 11.8. The molecule has 0 fully saturated rings. The molecule has 0 amide bonds. The molecule has 0 aliphatic heterocycles. The van der Waals surface area contributed by atoms with E-state index in [0.29, 0.717) is 11.3 Å². The Morgan fingerprint density at radius 3 is 2.76 bits per heavy atom. The third-order valence-corrected chi connectivity index (χ3v) is 3.19. The van der Waals surface area contributed by atoms with Gasteiger partial charge in [0.05, 0.1) is 17.4 Å². The van der Waals surface area contributed by atoms with Crippen LogP contribution in [0.2, 0.25) is 0 Å². The molecule has 106 valence electrons. The van der Waals surface area contributed by atoms with E-state index in [-0.39, 0.29) is 5.78 Å². The monoisotopic (exact) mass is 280 g/mol. The number of hydrogen-bond acceptors (Lipinski definition) is 3. The Balaban J connectivity index is 1.83. The van der Waals surface area contributed by atoms with E-state index in [1.165, 1.54) is 0 Å². The number of carbonyl (C=O) groups excluding carboxylic acids is 1. The maximum atomic E-state index is 12.4. The van der Waals surface area contributed by atoms with Gasteiger partial charge in [0.2, 0.25) is 5.78 Å². The fourth-order valence-corrected chi connectivity index (χ4v) is 2.15. The molecule has 1 aromatic carbocycles. The quantitative estimate of drug-likeness (QED) is 0.675. The van der Waals surface area contributed by atoms with Crippen molar-refractivity contribution in [2.75, 3.05) is 0 Å². The van der Waals surface area contributed by atoms with E-state index in [4.69, 9.17) is 0 Å². The van der Waals surface area contributed by atoms with Gasteiger partial charge >= 0.3 is 0 Å². The molecule has 21 heavy (non-hydrogen) atoms. The average molecular weight is 280 g/mol. The molecular weight excluding hydrogens is 264 g/mol. The molecule has 0 aliphatic carbocycles. The summed E-state index contributed by atoms with van der Waals surface area (Å²) in [7, 11) is 0. The lowest BCUT2D eigenvalue weighted by Gasteiger charge is -1.99. The van der Waals surface area contributed by atoms with Gasteiger partial charge in [-0.2, -0.15) is 10.2 Å². The number of nitrogens with zero attached hydrogens (tertiary/aromatic N) is 4. The minimum Gasteiger partial charge on any atom is -0.287 e. The minimum atomic E-state index is -0.105. The topological polar surface area (TPSA) is 52.7 Å². The van der Waals surface area contributed by atoms with Gasteiger partial charge in [-0.1, -0.05) is 25.1 Å². The highest BCUT2D eigenvalue weighted by molar-refractivity contribution is 6.07. The SMILES string of the molecule is CCCn1cc(C(=O)c2ccn(-c3ccccc3)n2)cn1. The van der Waals surface area contributed by atoms with Crippen molar-refractivity contribution in [3.63, 3.8) is 0 Å². The Bertz CT molecular complexity index is 742. The molecule has 0 N–H and O–H groups in total. The van der Waals surface area contributed by atoms with Gasteiger partial charge in [-0.25, -0.2) is 4.68 Å². The van der Waals surface area contributed by atoms with Crippen molar-refractivity contribution in [1.29, 1.82) is 0 Å². The first-order valence-electron chi connectivity index (χ1n) is 6.96. The predicted octanol–water partition coefficient (Wildman–Crippen LogP) is 2.71. The van der Waals surface area contributed by atoms with Crippen LogP contribution in [0.3, 0.4) is 0 Å². The lowest BCUT2D eigenvalue weighted by atomic mass is 10.2. The molecule has 0 atom stereocenters. The Hall–Kier alpha value is -2.69. The standard InChI is InChI=1S/C16H16N4O/c1-2-9-19-12-13(11-17-19)16(21)15-8-10-20(18-15)14-6-4-3-5-7-14/h3-8,10-12H,2,9H2,1H3. The Morgan fingerprint density at radius 2 is 2.00 bits per heavy atom. The van der Waals surface area contributed by atoms with Crippen LogP contribution in [0.25, 0.3) is 5.69 Å². The molecule has 5 nitrogen and oxygen atoms in total. The predicted molar refractivity (Wildman–Crippen MR) is 79.5 cm³/mol. The smallest absolute Gasteiger partial charge is 0.216 e. The highest BCUT2D eigenvalue weighted by atomic mass is 16.1. The van der Waals surface area contributed by atoms with Gasteiger partial charge in [-0.05, 0) is 24.6 Å². The number of aromatic nitrogens is 4. The molecular formula is C16H16N4O. The van der Waals surface area contributed by atoms with Gasteiger partial charge in [0.15, 0.2) is 0 Å². The van der Waals surface area contributed by atoms with E-state index in [0.717, 1.165) is 18.7 Å². The Labute approximate surface area is 122 Å². The van der Waals surface area contributed by atoms with E-state index >= 15 is 0 Å². The lowest BCUT2D eigenvalue weighted by Crippen LogP contribution is -2.03. The summed E-state index contributed by atoms with van der Waals surface area (Å²) in [6.07, 6.45) is 6.14. The zero-order chi connectivity index (χ0) is 14.7. The molecule has 0 radical (unpaired) electrons. The molecule has 0 unspecified atom stereocenters. The number of carbonyl (C=O) groups is 1. The van der Waals surface area contributed by atoms with Crippen LogP contribution in [0.1, 0.15) is 29.4 Å². The summed E-state index contributed by atoms with van der Waals surface area (Å²) < 4.78 is 3.48. The fraction of sp³-hybridized carbons (Fsp3) is 0.188. The summed E-state index contributed by atoms with van der Waals surface area (Å²) in [5.41, 5.74) is 1.93. The van der Waals surface area contributed by atoms with E-state index in [1.807, 2.05) is 30.3 Å². The second kappa shape index (κ2) is 5.75. The normalized spacial score (nSPS) is 10.7. The number of para-hydroxylation sites is 1. The van der Waals surface area contributed by atoms with E-state index in [9.17, 15) is 4.79 Å². The van der Waals surface area contributed by atoms with Gasteiger partial charge in [0.25, 0.3) is 0 Å². The molecule has 3 aromatic rings. The summed E-state index contributed by atoms with van der Waals surface area (Å²) in [6.45, 7) is 2.89. The van der Waals surface area contributed by atoms with E-state index < -0.39 is 0 Å². The Morgan fingerprint density at radius 1 is 1.19 bits per heavy atom. The van der Waals surface area contributed by atoms with Crippen LogP contribution >= 0.6 is 0 Å². The fourth-order valence-electron chi connectivity index (χ4n) is 2.15. The summed E-state index contributed by atoms with van der Waals surface area (Å²) in [4.78, 5) is 12.4. The first-order chi connectivity index (χ1) is 10.3. The van der Waals surface area contributed by atoms with Crippen molar-refractivity contribution in [3.8, 4) is 5.69 Å². The van der Waals surface area contributed by atoms with Gasteiger partial charge in [-0.3, -0.25) is 9.48 Å². The molecule has 2 aromatic heterocycles. The van der Waals surface area contributed by atoms with Crippen LogP contribution < -0.4 is 0 Å². The van der Waals surface area contributed by atoms with Crippen LogP contribution in [0, 0.1) is 0 Å². The lowest BCUT2D eigenvalue weighted by molar-refractivity contribution is 0.103. The van der Waals surface area contributed by atoms with Crippen molar-refractivity contribution >= 4 is 5.78 Å². The van der Waals surface area contributed by atoms with Crippen molar-refractivity contribution < 1.29 is 4.79 Å². The van der Waals surface area contributed by atoms with Crippen molar-refractivity contribution in [2.24, 2.45) is 0 Å². The van der Waals surface area contributed by atoms with Gasteiger partial charge < -0.3 is 0 Å². The minimum absolute atomic E-state index is 0.105. The molecule has 0 bridgehead atoms. The second-order valence-electron chi connectivity index (χ2n) is 4.80. The third-order valence-electron chi connectivity index (χ3n) is 3.19. The number of aryl methyl sites for hydroxylation is 1. The maximum Gasteiger partial charge on any atom is 0.216 e. The zero-order valence-corrected chi connectivity index (χ0v) is 11.8. The highest BCUT2D eigenvalue weighted by Gasteiger charge is 2.14. The van der Waals surface area contributed by atoms with Crippen LogP contribution in [0.4, 0.5) is 0 Å². The summed E-state index contributed by atoms with van der Waals surface area (Å²) in [6, 6.07) is 11.4. The van der Waals surface area contributed by atoms with Gasteiger partial charge in [-0.15, -0.1) is 0 Å². The first-order valence-corrected chi connectivity index (χ1v) is 6.96. The highest BCUT2D eigenvalue weighted by Crippen LogP contribution is 2.11. The summed E-state index contributed by atoms with van der Waals surface area (Å²) >= 11 is 0. The van der Waals surface area contributed by atoms with Crippen LogP contribution in [-0.4, -0.2) is 25.3 Å². The first kappa shape index (κ1) is 13.3. The maximum absolute atomic E-state index is 12.4. The molecule has 0 saturated heterocycles. The number of benzene rings is 1. The molecule has 3 rings (SSSR count). The van der Waals surface area contributed by atoms with E-state index in [1.54, 1.807) is 34.0 Å². The molecule has 0 spiro atoms. The molecule has 0 aliphatic rings. The van der Waals surface area contributed by atoms with Gasteiger partial charge in [0.1, 0.15) is 5.69 Å². The number of rotatable bonds is 5. The van der Waals surface area contributed by atoms with Crippen molar-refractivity contribution in [2.45, 2.75) is 19.9 Å². The summed E-state index contributed by atoms with van der Waals surface area (Å²) in [5, 5.41) is 8.52. The van der Waals surface area contributed by atoms with Crippen LogP contribution in [0.5, 0.6) is 0 Å². The van der Waals surface area contributed by atoms with Gasteiger partial charge in [0, 0.05) is 18.9 Å². The number of hydrogen-bond donors (Lipinski definition) is 0. The van der Waals surface area contributed by atoms with Crippen molar-refractivity contribution in [3.05, 3.63) is 66.2 Å². The molecule has 2 heterocycles. The largest absolute Gasteiger partial charge is 0.287 e. The second-order valence-corrected chi connectivity index (χ2v) is 4.80. The number of ketones is 1. The average Bonchev–Trinajstić information content (AvgIpc) is 3.17. The van der Waals surface area contributed by atoms with E-state index in [2.05, 4.69) is 17.1 Å². The Kier molecular flexibility index (Phi) is 3.64. The van der Waals surface area contributed by atoms with Crippen LogP contribution in [0.15, 0.2) is 55.0 Å². The van der Waals surface area contributed by atoms with Crippen molar-refractivity contribution in [1.82, 2.24) is 19.6 Å². The van der Waals surface area contributed by atoms with Crippen LogP contribution in [-0.2, 0) is 6.54 Å². The molecule has 0 saturated carbocycles. The summed E-state index contributed by atoms with van der Waals surface area (Å²) in [5.74, 6) is -0.105. The molecule has 5 heteroatoms. The third kappa shape index (κ3) is 2.76.